The maximum absolute atomic E-state index is 3.38. The molecule has 1 fully saturated rings. The van der Waals surface area contributed by atoms with E-state index in [4.69, 9.17) is 0 Å². The fraction of sp³-hybridized carbons (Fsp3) is 1.00. The van der Waals surface area contributed by atoms with Crippen LogP contribution >= 0.6 is 0 Å². The Labute approximate surface area is 94.0 Å². The first kappa shape index (κ1) is 12.9. The lowest BCUT2D eigenvalue weighted by atomic mass is 10.3. The molecule has 4 nitrogen and oxygen atoms in total. The SMILES string of the molecule is CNCCN(C)CCCN1CCNCC1. The third-order valence-corrected chi connectivity index (χ3v) is 2.97. The van der Waals surface area contributed by atoms with Crippen LogP contribution in [0, 0.1) is 0 Å². The van der Waals surface area contributed by atoms with Crippen molar-refractivity contribution in [2.75, 3.05) is 66.5 Å². The minimum Gasteiger partial charge on any atom is -0.318 e. The molecule has 0 bridgehead atoms. The Morgan fingerprint density at radius 2 is 2.00 bits per heavy atom. The number of nitrogens with one attached hydrogen (secondary N) is 2. The third kappa shape index (κ3) is 6.10. The maximum atomic E-state index is 3.38. The van der Waals surface area contributed by atoms with Crippen molar-refractivity contribution in [3.05, 3.63) is 0 Å². The first-order valence-electron chi connectivity index (χ1n) is 6.09. The number of piperazine rings is 1. The van der Waals surface area contributed by atoms with Crippen LogP contribution in [0.15, 0.2) is 0 Å². The minimum absolute atomic E-state index is 1.09. The van der Waals surface area contributed by atoms with Crippen LogP contribution in [0.2, 0.25) is 0 Å². The van der Waals surface area contributed by atoms with Crippen molar-refractivity contribution in [2.45, 2.75) is 6.42 Å². The number of likely N-dealkylation sites (N-methyl/N-ethyl adjacent to an activating group) is 2. The van der Waals surface area contributed by atoms with Crippen molar-refractivity contribution < 1.29 is 0 Å². The van der Waals surface area contributed by atoms with Crippen LogP contribution in [0.3, 0.4) is 0 Å². The molecule has 0 saturated carbocycles. The molecule has 2 N–H and O–H groups in total. The van der Waals surface area contributed by atoms with Crippen molar-refractivity contribution in [1.29, 1.82) is 0 Å². The van der Waals surface area contributed by atoms with Crippen molar-refractivity contribution >= 4 is 0 Å². The summed E-state index contributed by atoms with van der Waals surface area (Å²) in [5.41, 5.74) is 0. The second-order valence-electron chi connectivity index (χ2n) is 4.35. The predicted octanol–water partition coefficient (Wildman–Crippen LogP) is -0.567. The average molecular weight is 214 g/mol. The molecule has 1 rings (SSSR count). The Bertz CT molecular complexity index is 146. The summed E-state index contributed by atoms with van der Waals surface area (Å²) in [6, 6.07) is 0. The van der Waals surface area contributed by atoms with Crippen molar-refractivity contribution in [3.63, 3.8) is 0 Å². The zero-order chi connectivity index (χ0) is 10.9. The Kier molecular flexibility index (Phi) is 6.92. The summed E-state index contributed by atoms with van der Waals surface area (Å²) in [6.45, 7) is 9.48. The summed E-state index contributed by atoms with van der Waals surface area (Å²) in [6.07, 6.45) is 1.29. The molecule has 4 heteroatoms. The molecule has 0 aromatic carbocycles. The van der Waals surface area contributed by atoms with E-state index in [1.165, 1.54) is 32.6 Å². The first-order valence-corrected chi connectivity index (χ1v) is 6.09. The number of rotatable bonds is 7. The molecule has 0 aliphatic carbocycles. The Hall–Kier alpha value is -0.160. The molecule has 0 aromatic heterocycles. The van der Waals surface area contributed by atoms with E-state index in [9.17, 15) is 0 Å². The molecular formula is C11H26N4. The van der Waals surface area contributed by atoms with E-state index >= 15 is 0 Å². The van der Waals surface area contributed by atoms with Crippen LogP contribution in [0.1, 0.15) is 6.42 Å². The molecule has 1 heterocycles. The molecule has 1 aliphatic rings. The first-order chi connectivity index (χ1) is 7.33. The van der Waals surface area contributed by atoms with Crippen LogP contribution in [0.4, 0.5) is 0 Å². The highest BCUT2D eigenvalue weighted by atomic mass is 15.2. The highest BCUT2D eigenvalue weighted by molar-refractivity contribution is 4.67. The van der Waals surface area contributed by atoms with Gasteiger partial charge in [0, 0.05) is 39.3 Å². The molecule has 15 heavy (non-hydrogen) atoms. The number of hydrogen-bond donors (Lipinski definition) is 2. The lowest BCUT2D eigenvalue weighted by Gasteiger charge is -2.27. The Balaban J connectivity index is 1.94. The molecular weight excluding hydrogens is 188 g/mol. The largest absolute Gasteiger partial charge is 0.318 e. The minimum atomic E-state index is 1.09. The van der Waals surface area contributed by atoms with Crippen LogP contribution in [-0.2, 0) is 0 Å². The van der Waals surface area contributed by atoms with E-state index in [0.29, 0.717) is 0 Å². The van der Waals surface area contributed by atoms with E-state index in [0.717, 1.165) is 26.2 Å². The number of nitrogens with zero attached hydrogens (tertiary/aromatic N) is 2. The van der Waals surface area contributed by atoms with Gasteiger partial charge in [0.1, 0.15) is 0 Å². The molecule has 0 radical (unpaired) electrons. The van der Waals surface area contributed by atoms with Gasteiger partial charge in [-0.05, 0) is 33.6 Å². The maximum Gasteiger partial charge on any atom is 0.0107 e. The molecule has 0 unspecified atom stereocenters. The standard InChI is InChI=1S/C11H26N4/c1-12-4-9-14(2)7-3-8-15-10-5-13-6-11-15/h12-13H,3-11H2,1-2H3. The summed E-state index contributed by atoms with van der Waals surface area (Å²) in [5, 5.41) is 6.56. The molecule has 0 aromatic rings. The molecule has 1 aliphatic heterocycles. The summed E-state index contributed by atoms with van der Waals surface area (Å²) in [5.74, 6) is 0. The van der Waals surface area contributed by atoms with Crippen LogP contribution in [0.5, 0.6) is 0 Å². The van der Waals surface area contributed by atoms with Gasteiger partial charge >= 0.3 is 0 Å². The van der Waals surface area contributed by atoms with Crippen LogP contribution in [-0.4, -0.2) is 76.3 Å². The van der Waals surface area contributed by atoms with Crippen molar-refractivity contribution in [2.24, 2.45) is 0 Å². The summed E-state index contributed by atoms with van der Waals surface area (Å²) in [7, 11) is 4.21. The molecule has 0 amide bonds. The highest BCUT2D eigenvalue weighted by Crippen LogP contribution is 1.95. The van der Waals surface area contributed by atoms with E-state index in [1.807, 2.05) is 7.05 Å². The normalized spacial score (nSPS) is 18.6. The summed E-state index contributed by atoms with van der Waals surface area (Å²) < 4.78 is 0. The van der Waals surface area contributed by atoms with E-state index in [1.54, 1.807) is 0 Å². The van der Waals surface area contributed by atoms with Gasteiger partial charge in [0.25, 0.3) is 0 Å². The highest BCUT2D eigenvalue weighted by Gasteiger charge is 2.08. The Morgan fingerprint density at radius 1 is 1.27 bits per heavy atom. The third-order valence-electron chi connectivity index (χ3n) is 2.97. The van der Waals surface area contributed by atoms with Gasteiger partial charge in [-0.2, -0.15) is 0 Å². The quantitative estimate of drug-likeness (QED) is 0.594. The second-order valence-corrected chi connectivity index (χ2v) is 4.35. The fourth-order valence-corrected chi connectivity index (χ4v) is 1.91. The molecule has 0 atom stereocenters. The second kappa shape index (κ2) is 8.05. The number of hydrogen-bond acceptors (Lipinski definition) is 4. The van der Waals surface area contributed by atoms with Gasteiger partial charge in [0.05, 0.1) is 0 Å². The average Bonchev–Trinajstić information content (AvgIpc) is 2.28. The van der Waals surface area contributed by atoms with Gasteiger partial charge in [0.2, 0.25) is 0 Å². The summed E-state index contributed by atoms with van der Waals surface area (Å²) >= 11 is 0. The molecule has 0 spiro atoms. The zero-order valence-electron chi connectivity index (χ0n) is 10.3. The smallest absolute Gasteiger partial charge is 0.0107 e. The monoisotopic (exact) mass is 214 g/mol. The zero-order valence-corrected chi connectivity index (χ0v) is 10.3. The van der Waals surface area contributed by atoms with E-state index in [-0.39, 0.29) is 0 Å². The van der Waals surface area contributed by atoms with Gasteiger partial charge in [-0.15, -0.1) is 0 Å². The molecule has 90 valence electrons. The van der Waals surface area contributed by atoms with Crippen LogP contribution in [0.25, 0.3) is 0 Å². The van der Waals surface area contributed by atoms with Crippen molar-refractivity contribution in [3.8, 4) is 0 Å². The van der Waals surface area contributed by atoms with Gasteiger partial charge in [-0.3, -0.25) is 0 Å². The molecule has 1 saturated heterocycles. The van der Waals surface area contributed by atoms with E-state index in [2.05, 4.69) is 27.5 Å². The summed E-state index contributed by atoms with van der Waals surface area (Å²) in [4.78, 5) is 4.96. The van der Waals surface area contributed by atoms with Gasteiger partial charge in [-0.1, -0.05) is 0 Å². The lowest BCUT2D eigenvalue weighted by molar-refractivity contribution is 0.222. The van der Waals surface area contributed by atoms with Gasteiger partial charge in [0.15, 0.2) is 0 Å². The predicted molar refractivity (Wildman–Crippen MR) is 65.4 cm³/mol. The topological polar surface area (TPSA) is 30.5 Å². The van der Waals surface area contributed by atoms with Gasteiger partial charge in [-0.25, -0.2) is 0 Å². The lowest BCUT2D eigenvalue weighted by Crippen LogP contribution is -2.44. The Morgan fingerprint density at radius 3 is 2.67 bits per heavy atom. The van der Waals surface area contributed by atoms with E-state index < -0.39 is 0 Å². The van der Waals surface area contributed by atoms with Crippen molar-refractivity contribution in [1.82, 2.24) is 20.4 Å². The van der Waals surface area contributed by atoms with Gasteiger partial charge < -0.3 is 20.4 Å². The van der Waals surface area contributed by atoms with Crippen LogP contribution < -0.4 is 10.6 Å². The fourth-order valence-electron chi connectivity index (χ4n) is 1.91.